The number of hydrogen-bond acceptors (Lipinski definition) is 8. The Morgan fingerprint density at radius 3 is 2.52 bits per heavy atom. The minimum absolute atomic E-state index is 0.00763. The summed E-state index contributed by atoms with van der Waals surface area (Å²) in [6, 6.07) is 16.7. The van der Waals surface area contributed by atoms with E-state index in [-0.39, 0.29) is 11.7 Å². The quantitative estimate of drug-likeness (QED) is 0.164. The number of ether oxygens (including phenoxy) is 4. The molecule has 1 saturated heterocycles. The average Bonchev–Trinajstić information content (AvgIpc) is 3.47. The Hall–Kier alpha value is -4.21. The molecule has 2 aromatic carbocycles. The number of aromatic nitrogens is 3. The normalized spacial score (nSPS) is 21.4. The van der Waals surface area contributed by atoms with Crippen molar-refractivity contribution in [3.63, 3.8) is 0 Å². The molecule has 1 fully saturated rings. The maximum atomic E-state index is 13.4. The number of methoxy groups -OCH3 is 1. The number of aryl methyl sites for hydroxylation is 2. The van der Waals surface area contributed by atoms with Crippen molar-refractivity contribution in [3.05, 3.63) is 77.5 Å². The second-order valence-electron chi connectivity index (χ2n) is 14.3. The molecule has 7 rings (SSSR count). The molecule has 6 bridgehead atoms. The summed E-state index contributed by atoms with van der Waals surface area (Å²) in [6.45, 7) is 16.1. The third-order valence-corrected chi connectivity index (χ3v) is 9.17. The fourth-order valence-corrected chi connectivity index (χ4v) is 6.58. The molecule has 0 spiro atoms. The van der Waals surface area contributed by atoms with E-state index in [4.69, 9.17) is 29.0 Å². The van der Waals surface area contributed by atoms with Gasteiger partial charge >= 0.3 is 5.97 Å². The first-order chi connectivity index (χ1) is 22.8. The lowest BCUT2D eigenvalue weighted by atomic mass is 9.92. The Morgan fingerprint density at radius 2 is 1.79 bits per heavy atom. The van der Waals surface area contributed by atoms with Gasteiger partial charge in [-0.15, -0.1) is 0 Å². The number of carbonyl (C=O) groups excluding carboxylic acids is 1. The van der Waals surface area contributed by atoms with Crippen molar-refractivity contribution >= 4 is 17.4 Å². The zero-order valence-corrected chi connectivity index (χ0v) is 29.5. The molecule has 2 aromatic heterocycles. The standard InChI is InChI=1S/C39H48N4O5/c1-25-15-16-32-30(22-25)28-13-11-14-29(23-28)31-24-33-40-27(3)34(35(37(44)45-8)48-38(4,5)6)36(43(33)41-31)42-19-17-39(7,18-20-42)46-21-10-9-12-26(2)47-32/h9-11,13-16,22-24,26,35H,12,17-21H2,1-8H3/b10-9-/t26-,35-/m0/s1. The summed E-state index contributed by atoms with van der Waals surface area (Å²) in [6.07, 6.45) is 5.63. The first kappa shape index (κ1) is 33.7. The van der Waals surface area contributed by atoms with Gasteiger partial charge in [-0.2, -0.15) is 9.61 Å². The van der Waals surface area contributed by atoms with Gasteiger partial charge in [-0.05, 0) is 85.1 Å². The van der Waals surface area contributed by atoms with Crippen molar-refractivity contribution < 1.29 is 23.7 Å². The molecule has 3 aliphatic heterocycles. The van der Waals surface area contributed by atoms with Crippen molar-refractivity contribution in [2.45, 2.75) is 91.1 Å². The zero-order chi connectivity index (χ0) is 34.2. The molecular formula is C39H48N4O5. The van der Waals surface area contributed by atoms with Crippen LogP contribution in [0.5, 0.6) is 5.75 Å². The summed E-state index contributed by atoms with van der Waals surface area (Å²) >= 11 is 0. The Balaban J connectivity index is 1.55. The SMILES string of the molecule is COC(=O)[C@@H](OC(C)(C)C)c1c(C)nc2cc3nn2c1N1CCC(C)(CC1)OC/C=C\C[C@H](C)Oc1ccc(C)cc1-c1cccc-3c1. The van der Waals surface area contributed by atoms with E-state index in [1.165, 1.54) is 7.11 Å². The fourth-order valence-electron chi connectivity index (χ4n) is 6.58. The lowest BCUT2D eigenvalue weighted by Crippen LogP contribution is -2.45. The van der Waals surface area contributed by atoms with E-state index in [0.29, 0.717) is 36.6 Å². The van der Waals surface area contributed by atoms with Gasteiger partial charge in [0.05, 0.1) is 42.3 Å². The summed E-state index contributed by atoms with van der Waals surface area (Å²) in [7, 11) is 1.39. The average molecular weight is 653 g/mol. The van der Waals surface area contributed by atoms with Gasteiger partial charge in [0.15, 0.2) is 11.8 Å². The van der Waals surface area contributed by atoms with E-state index in [2.05, 4.69) is 80.3 Å². The van der Waals surface area contributed by atoms with Gasteiger partial charge in [-0.25, -0.2) is 9.78 Å². The second-order valence-corrected chi connectivity index (χ2v) is 14.3. The van der Waals surface area contributed by atoms with Crippen LogP contribution in [-0.4, -0.2) is 64.7 Å². The predicted molar refractivity (Wildman–Crippen MR) is 189 cm³/mol. The minimum atomic E-state index is -0.986. The molecule has 0 aliphatic carbocycles. The number of rotatable bonds is 3. The van der Waals surface area contributed by atoms with Crippen LogP contribution in [0.3, 0.4) is 0 Å². The number of carbonyl (C=O) groups is 1. The molecule has 2 atom stereocenters. The van der Waals surface area contributed by atoms with Crippen LogP contribution in [0.2, 0.25) is 0 Å². The monoisotopic (exact) mass is 652 g/mol. The van der Waals surface area contributed by atoms with E-state index in [0.717, 1.165) is 58.8 Å². The van der Waals surface area contributed by atoms with E-state index in [1.54, 1.807) is 0 Å². The molecule has 48 heavy (non-hydrogen) atoms. The van der Waals surface area contributed by atoms with E-state index in [9.17, 15) is 4.79 Å². The van der Waals surface area contributed by atoms with Gasteiger partial charge in [0.25, 0.3) is 0 Å². The molecule has 0 radical (unpaired) electrons. The van der Waals surface area contributed by atoms with Crippen LogP contribution in [0.15, 0.2) is 60.7 Å². The summed E-state index contributed by atoms with van der Waals surface area (Å²) in [5, 5.41) is 5.18. The molecule has 0 unspecified atom stereocenters. The highest BCUT2D eigenvalue weighted by Crippen LogP contribution is 2.40. The van der Waals surface area contributed by atoms with Gasteiger partial charge in [0.2, 0.25) is 0 Å². The van der Waals surface area contributed by atoms with Crippen molar-refractivity contribution in [1.29, 1.82) is 0 Å². The molecule has 254 valence electrons. The van der Waals surface area contributed by atoms with Crippen LogP contribution < -0.4 is 9.64 Å². The molecule has 5 heterocycles. The van der Waals surface area contributed by atoms with E-state index in [1.807, 2.05) is 38.3 Å². The van der Waals surface area contributed by atoms with Crippen molar-refractivity contribution in [3.8, 4) is 28.1 Å². The number of piperidine rings is 1. The second kappa shape index (κ2) is 13.4. The lowest BCUT2D eigenvalue weighted by molar-refractivity contribution is -0.164. The largest absolute Gasteiger partial charge is 0.490 e. The third-order valence-electron chi connectivity index (χ3n) is 9.17. The molecule has 0 N–H and O–H groups in total. The van der Waals surface area contributed by atoms with Crippen LogP contribution in [-0.2, 0) is 19.0 Å². The van der Waals surface area contributed by atoms with Crippen LogP contribution >= 0.6 is 0 Å². The number of fused-ring (bicyclic) bond motifs is 7. The van der Waals surface area contributed by atoms with Crippen molar-refractivity contribution in [1.82, 2.24) is 14.6 Å². The molecule has 9 nitrogen and oxygen atoms in total. The summed E-state index contributed by atoms with van der Waals surface area (Å²) < 4.78 is 26.6. The molecule has 4 aromatic rings. The molecule has 3 aliphatic rings. The third kappa shape index (κ3) is 7.12. The maximum absolute atomic E-state index is 13.4. The lowest BCUT2D eigenvalue weighted by Gasteiger charge is -2.41. The van der Waals surface area contributed by atoms with E-state index >= 15 is 0 Å². The minimum Gasteiger partial charge on any atom is -0.490 e. The van der Waals surface area contributed by atoms with Gasteiger partial charge < -0.3 is 23.8 Å². The molecule has 0 saturated carbocycles. The topological polar surface area (TPSA) is 87.4 Å². The highest BCUT2D eigenvalue weighted by atomic mass is 16.6. The summed E-state index contributed by atoms with van der Waals surface area (Å²) in [5.41, 5.74) is 6.11. The first-order valence-electron chi connectivity index (χ1n) is 16.9. The van der Waals surface area contributed by atoms with E-state index < -0.39 is 17.7 Å². The van der Waals surface area contributed by atoms with Crippen LogP contribution in [0.4, 0.5) is 5.82 Å². The number of hydrogen-bond donors (Lipinski definition) is 0. The van der Waals surface area contributed by atoms with Crippen molar-refractivity contribution in [2.24, 2.45) is 0 Å². The molecule has 9 heteroatoms. The van der Waals surface area contributed by atoms with Crippen LogP contribution in [0.1, 0.15) is 76.8 Å². The zero-order valence-electron chi connectivity index (χ0n) is 29.5. The Morgan fingerprint density at radius 1 is 1.04 bits per heavy atom. The fraction of sp³-hybridized carbons (Fsp3) is 0.462. The highest BCUT2D eigenvalue weighted by molar-refractivity contribution is 5.81. The molecule has 0 amide bonds. The van der Waals surface area contributed by atoms with Crippen molar-refractivity contribution in [2.75, 3.05) is 31.7 Å². The number of benzene rings is 2. The maximum Gasteiger partial charge on any atom is 0.339 e. The van der Waals surface area contributed by atoms with Gasteiger partial charge in [-0.1, -0.05) is 42.0 Å². The first-order valence-corrected chi connectivity index (χ1v) is 16.9. The Labute approximate surface area is 283 Å². The number of nitrogens with zero attached hydrogens (tertiary/aromatic N) is 4. The summed E-state index contributed by atoms with van der Waals surface area (Å²) in [4.78, 5) is 20.7. The van der Waals surface area contributed by atoms with Gasteiger partial charge in [0, 0.05) is 42.4 Å². The van der Waals surface area contributed by atoms with Gasteiger partial charge in [0.1, 0.15) is 11.6 Å². The van der Waals surface area contributed by atoms with Crippen LogP contribution in [0, 0.1) is 13.8 Å². The molecular weight excluding hydrogens is 604 g/mol. The Kier molecular flexibility index (Phi) is 9.37. The summed E-state index contributed by atoms with van der Waals surface area (Å²) in [5.74, 6) is 1.16. The van der Waals surface area contributed by atoms with Crippen LogP contribution in [0.25, 0.3) is 28.0 Å². The number of anilines is 1. The Bertz CT molecular complexity index is 1830. The number of esters is 1. The smallest absolute Gasteiger partial charge is 0.339 e. The highest BCUT2D eigenvalue weighted by Gasteiger charge is 2.38. The van der Waals surface area contributed by atoms with Gasteiger partial charge in [-0.3, -0.25) is 0 Å². The predicted octanol–water partition coefficient (Wildman–Crippen LogP) is 7.81.